The summed E-state index contributed by atoms with van der Waals surface area (Å²) in [5.41, 5.74) is 6.56. The molecule has 3 unspecified atom stereocenters. The number of likely N-dealkylation sites (tertiary alicyclic amines) is 1. The first-order valence-electron chi connectivity index (χ1n) is 9.05. The molecule has 2 rings (SSSR count). The maximum Gasteiger partial charge on any atom is 0.0331 e. The van der Waals surface area contributed by atoms with Crippen molar-refractivity contribution >= 4 is 0 Å². The van der Waals surface area contributed by atoms with Gasteiger partial charge in [-0.25, -0.2) is 0 Å². The third kappa shape index (κ3) is 4.43. The summed E-state index contributed by atoms with van der Waals surface area (Å²) in [6, 6.07) is 0. The number of hydrogen-bond acceptors (Lipinski definition) is 3. The Balaban J connectivity index is 1.95. The highest BCUT2D eigenvalue weighted by atomic mass is 15.2. The minimum absolute atomic E-state index is 0.277. The van der Waals surface area contributed by atoms with E-state index < -0.39 is 0 Å². The third-order valence-corrected chi connectivity index (χ3v) is 5.94. The van der Waals surface area contributed by atoms with Gasteiger partial charge in [-0.3, -0.25) is 4.90 Å². The van der Waals surface area contributed by atoms with E-state index in [4.69, 9.17) is 5.73 Å². The molecule has 2 aliphatic rings. The van der Waals surface area contributed by atoms with Crippen molar-refractivity contribution in [3.05, 3.63) is 0 Å². The summed E-state index contributed by atoms with van der Waals surface area (Å²) in [5, 5.41) is 0. The average Bonchev–Trinajstić information content (AvgIpc) is 2.83. The molecule has 0 bridgehead atoms. The van der Waals surface area contributed by atoms with Crippen LogP contribution in [0, 0.1) is 17.8 Å². The molecule has 1 heterocycles. The standard InChI is InChI=1S/C18H37N3/c1-15(2)10-16-6-5-8-18(11-16,14-19)21(4)13-17-7-9-20(3)12-17/h15-17H,5-14,19H2,1-4H3. The molecular weight excluding hydrogens is 258 g/mol. The van der Waals surface area contributed by atoms with Crippen molar-refractivity contribution in [2.24, 2.45) is 23.5 Å². The lowest BCUT2D eigenvalue weighted by Gasteiger charge is -2.48. The predicted molar refractivity (Wildman–Crippen MR) is 91.4 cm³/mol. The zero-order chi connectivity index (χ0) is 15.5. The van der Waals surface area contributed by atoms with Crippen molar-refractivity contribution in [2.45, 2.75) is 57.9 Å². The predicted octanol–water partition coefficient (Wildman–Crippen LogP) is 2.80. The lowest BCUT2D eigenvalue weighted by molar-refractivity contribution is 0.0414. The van der Waals surface area contributed by atoms with E-state index in [0.717, 1.165) is 24.3 Å². The van der Waals surface area contributed by atoms with Crippen molar-refractivity contribution in [3.63, 3.8) is 0 Å². The van der Waals surface area contributed by atoms with E-state index in [-0.39, 0.29) is 5.54 Å². The van der Waals surface area contributed by atoms with E-state index in [0.29, 0.717) is 0 Å². The van der Waals surface area contributed by atoms with Crippen LogP contribution in [0.15, 0.2) is 0 Å². The van der Waals surface area contributed by atoms with Crippen molar-refractivity contribution < 1.29 is 0 Å². The number of hydrogen-bond donors (Lipinski definition) is 1. The lowest BCUT2D eigenvalue weighted by Crippen LogP contribution is -2.56. The number of rotatable bonds is 6. The molecule has 1 aliphatic carbocycles. The summed E-state index contributed by atoms with van der Waals surface area (Å²) < 4.78 is 0. The van der Waals surface area contributed by atoms with Gasteiger partial charge in [0, 0.05) is 25.2 Å². The Morgan fingerprint density at radius 1 is 1.29 bits per heavy atom. The van der Waals surface area contributed by atoms with E-state index in [1.54, 1.807) is 0 Å². The molecule has 3 nitrogen and oxygen atoms in total. The molecule has 2 N–H and O–H groups in total. The molecule has 0 spiro atoms. The maximum atomic E-state index is 6.28. The zero-order valence-electron chi connectivity index (χ0n) is 14.8. The summed E-state index contributed by atoms with van der Waals surface area (Å²) in [6.07, 6.45) is 8.14. The molecule has 1 saturated heterocycles. The van der Waals surface area contributed by atoms with Crippen LogP contribution in [0.25, 0.3) is 0 Å². The van der Waals surface area contributed by atoms with Gasteiger partial charge in [-0.05, 0) is 64.1 Å². The summed E-state index contributed by atoms with van der Waals surface area (Å²) in [6.45, 7) is 9.31. The average molecular weight is 296 g/mol. The fourth-order valence-electron chi connectivity index (χ4n) is 4.77. The molecule has 3 atom stereocenters. The van der Waals surface area contributed by atoms with Crippen LogP contribution in [-0.2, 0) is 0 Å². The largest absolute Gasteiger partial charge is 0.329 e. The van der Waals surface area contributed by atoms with E-state index >= 15 is 0 Å². The highest BCUT2D eigenvalue weighted by Gasteiger charge is 2.39. The van der Waals surface area contributed by atoms with E-state index in [9.17, 15) is 0 Å². The van der Waals surface area contributed by atoms with Crippen LogP contribution >= 0.6 is 0 Å². The zero-order valence-corrected chi connectivity index (χ0v) is 14.8. The minimum Gasteiger partial charge on any atom is -0.329 e. The Labute approximate surface area is 132 Å². The van der Waals surface area contributed by atoms with Crippen LogP contribution in [0.3, 0.4) is 0 Å². The molecule has 0 aromatic rings. The minimum atomic E-state index is 0.277. The van der Waals surface area contributed by atoms with Gasteiger partial charge in [0.25, 0.3) is 0 Å². The van der Waals surface area contributed by atoms with E-state index in [1.165, 1.54) is 58.2 Å². The Bertz CT molecular complexity index is 318. The van der Waals surface area contributed by atoms with Crippen LogP contribution in [0.2, 0.25) is 0 Å². The highest BCUT2D eigenvalue weighted by molar-refractivity contribution is 4.96. The SMILES string of the molecule is CC(C)CC1CCCC(CN)(N(C)CC2CCN(C)C2)C1. The quantitative estimate of drug-likeness (QED) is 0.818. The second kappa shape index (κ2) is 7.43. The second-order valence-corrected chi connectivity index (χ2v) is 8.32. The molecule has 0 amide bonds. The third-order valence-electron chi connectivity index (χ3n) is 5.94. The van der Waals surface area contributed by atoms with Gasteiger partial charge in [0.1, 0.15) is 0 Å². The second-order valence-electron chi connectivity index (χ2n) is 8.32. The van der Waals surface area contributed by atoms with Gasteiger partial charge in [0.15, 0.2) is 0 Å². The Morgan fingerprint density at radius 3 is 2.62 bits per heavy atom. The van der Waals surface area contributed by atoms with Crippen LogP contribution in [-0.4, -0.2) is 55.6 Å². The van der Waals surface area contributed by atoms with Crippen LogP contribution in [0.1, 0.15) is 52.4 Å². The monoisotopic (exact) mass is 295 g/mol. The number of nitrogens with zero attached hydrogens (tertiary/aromatic N) is 2. The van der Waals surface area contributed by atoms with Gasteiger partial charge in [0.2, 0.25) is 0 Å². The van der Waals surface area contributed by atoms with Gasteiger partial charge < -0.3 is 10.6 Å². The summed E-state index contributed by atoms with van der Waals surface area (Å²) in [7, 11) is 4.58. The topological polar surface area (TPSA) is 32.5 Å². The van der Waals surface area contributed by atoms with Gasteiger partial charge in [0.05, 0.1) is 0 Å². The first kappa shape index (κ1) is 17.2. The van der Waals surface area contributed by atoms with Gasteiger partial charge in [-0.2, -0.15) is 0 Å². The van der Waals surface area contributed by atoms with Crippen LogP contribution in [0.5, 0.6) is 0 Å². The number of likely N-dealkylation sites (N-methyl/N-ethyl adjacent to an activating group) is 1. The van der Waals surface area contributed by atoms with Crippen LogP contribution < -0.4 is 5.73 Å². The molecular formula is C18H37N3. The molecule has 0 aromatic heterocycles. The Morgan fingerprint density at radius 2 is 2.05 bits per heavy atom. The van der Waals surface area contributed by atoms with Crippen molar-refractivity contribution in [3.8, 4) is 0 Å². The molecule has 1 saturated carbocycles. The summed E-state index contributed by atoms with van der Waals surface area (Å²) >= 11 is 0. The van der Waals surface area contributed by atoms with Gasteiger partial charge in [-0.1, -0.05) is 26.7 Å². The maximum absolute atomic E-state index is 6.28. The van der Waals surface area contributed by atoms with Gasteiger partial charge >= 0.3 is 0 Å². The molecule has 0 aromatic carbocycles. The first-order valence-corrected chi connectivity index (χ1v) is 9.05. The Kier molecular flexibility index (Phi) is 6.10. The molecule has 124 valence electrons. The summed E-state index contributed by atoms with van der Waals surface area (Å²) in [5.74, 6) is 2.54. The molecule has 21 heavy (non-hydrogen) atoms. The van der Waals surface area contributed by atoms with Crippen LogP contribution in [0.4, 0.5) is 0 Å². The van der Waals surface area contributed by atoms with Crippen molar-refractivity contribution in [2.75, 3.05) is 40.3 Å². The smallest absolute Gasteiger partial charge is 0.0331 e. The Hall–Kier alpha value is -0.120. The molecule has 1 aliphatic heterocycles. The number of nitrogens with two attached hydrogens (primary N) is 1. The van der Waals surface area contributed by atoms with E-state index in [2.05, 4.69) is 37.7 Å². The molecule has 0 radical (unpaired) electrons. The van der Waals surface area contributed by atoms with Crippen molar-refractivity contribution in [1.29, 1.82) is 0 Å². The van der Waals surface area contributed by atoms with Crippen molar-refractivity contribution in [1.82, 2.24) is 9.80 Å². The fourth-order valence-corrected chi connectivity index (χ4v) is 4.77. The first-order chi connectivity index (χ1) is 9.95. The highest BCUT2D eigenvalue weighted by Crippen LogP contribution is 2.39. The van der Waals surface area contributed by atoms with Gasteiger partial charge in [-0.15, -0.1) is 0 Å². The normalized spacial score (nSPS) is 35.0. The van der Waals surface area contributed by atoms with E-state index in [1.807, 2.05) is 0 Å². The fraction of sp³-hybridized carbons (Fsp3) is 1.00. The molecule has 2 fully saturated rings. The molecule has 3 heteroatoms. The lowest BCUT2D eigenvalue weighted by atomic mass is 9.72. The summed E-state index contributed by atoms with van der Waals surface area (Å²) in [4.78, 5) is 5.11.